The summed E-state index contributed by atoms with van der Waals surface area (Å²) in [4.78, 5) is 4.22. The number of nitriles is 1. The lowest BCUT2D eigenvalue weighted by Crippen LogP contribution is -2.25. The molecule has 0 bridgehead atoms. The van der Waals surface area contributed by atoms with E-state index >= 15 is 0 Å². The number of alkyl halides is 2. The summed E-state index contributed by atoms with van der Waals surface area (Å²) in [6.07, 6.45) is 5.18. The number of aliphatic hydroxyl groups excluding tert-OH is 1. The van der Waals surface area contributed by atoms with Crippen LogP contribution < -0.4 is 10.1 Å². The van der Waals surface area contributed by atoms with Crippen molar-refractivity contribution in [1.82, 2.24) is 4.98 Å². The van der Waals surface area contributed by atoms with Crippen LogP contribution in [0.15, 0.2) is 24.4 Å². The Morgan fingerprint density at radius 1 is 1.40 bits per heavy atom. The highest BCUT2D eigenvalue weighted by atomic mass is 19.3. The fourth-order valence-electron chi connectivity index (χ4n) is 3.51. The third-order valence-electron chi connectivity index (χ3n) is 4.67. The van der Waals surface area contributed by atoms with Crippen molar-refractivity contribution in [3.8, 4) is 11.8 Å². The summed E-state index contributed by atoms with van der Waals surface area (Å²) in [6.45, 7) is -2.79. The Kier molecular flexibility index (Phi) is 5.29. The normalized spacial score (nSPS) is 20.0. The molecule has 132 valence electrons. The molecule has 0 spiro atoms. The average Bonchev–Trinajstić information content (AvgIpc) is 3.02. The largest absolute Gasteiger partial charge is 0.435 e. The van der Waals surface area contributed by atoms with Crippen LogP contribution in [0.4, 0.5) is 14.5 Å². The summed E-state index contributed by atoms with van der Waals surface area (Å²) in [5, 5.41) is 22.6. The molecule has 25 heavy (non-hydrogen) atoms. The van der Waals surface area contributed by atoms with Gasteiger partial charge in [0, 0.05) is 24.2 Å². The Hall–Kier alpha value is -2.46. The van der Waals surface area contributed by atoms with Gasteiger partial charge in [0.15, 0.2) is 0 Å². The van der Waals surface area contributed by atoms with Crippen LogP contribution in [0.25, 0.3) is 10.9 Å². The second kappa shape index (κ2) is 7.62. The second-order valence-electron chi connectivity index (χ2n) is 6.17. The number of hydrogen-bond donors (Lipinski definition) is 2. The Morgan fingerprint density at radius 3 is 2.96 bits per heavy atom. The third-order valence-corrected chi connectivity index (χ3v) is 4.67. The predicted octanol–water partition coefficient (Wildman–Crippen LogP) is 3.67. The lowest BCUT2D eigenvalue weighted by Gasteiger charge is -2.23. The lowest BCUT2D eigenvalue weighted by molar-refractivity contribution is -0.0497. The maximum Gasteiger partial charge on any atom is 0.387 e. The standard InChI is InChI=1S/C18H19F2N3O2/c19-18(20)25-13-4-5-16-14(8-13)17(12(9-21)10-22-16)23-15-3-1-2-11(15)6-7-24/h4-5,8,10-11,15,18,24H,1-3,6-7H2,(H,22,23). The topological polar surface area (TPSA) is 78.2 Å². The number of anilines is 1. The van der Waals surface area contributed by atoms with Gasteiger partial charge in [-0.2, -0.15) is 14.0 Å². The van der Waals surface area contributed by atoms with Gasteiger partial charge >= 0.3 is 6.61 Å². The van der Waals surface area contributed by atoms with Crippen molar-refractivity contribution in [3.63, 3.8) is 0 Å². The molecule has 0 aliphatic heterocycles. The Bertz CT molecular complexity index is 792. The number of nitrogens with one attached hydrogen (secondary N) is 1. The highest BCUT2D eigenvalue weighted by molar-refractivity contribution is 5.95. The zero-order valence-electron chi connectivity index (χ0n) is 13.6. The first-order chi connectivity index (χ1) is 12.1. The maximum absolute atomic E-state index is 12.5. The van der Waals surface area contributed by atoms with Crippen molar-refractivity contribution in [2.75, 3.05) is 11.9 Å². The van der Waals surface area contributed by atoms with Crippen LogP contribution >= 0.6 is 0 Å². The molecule has 1 fully saturated rings. The van der Waals surface area contributed by atoms with Crippen molar-refractivity contribution in [2.24, 2.45) is 5.92 Å². The predicted molar refractivity (Wildman–Crippen MR) is 89.5 cm³/mol. The first-order valence-corrected chi connectivity index (χ1v) is 8.27. The Balaban J connectivity index is 2.00. The Morgan fingerprint density at radius 2 is 2.24 bits per heavy atom. The van der Waals surface area contributed by atoms with Gasteiger partial charge < -0.3 is 15.2 Å². The van der Waals surface area contributed by atoms with E-state index in [1.165, 1.54) is 18.3 Å². The molecule has 0 saturated heterocycles. The number of fused-ring (bicyclic) bond motifs is 1. The molecule has 1 aromatic heterocycles. The second-order valence-corrected chi connectivity index (χ2v) is 6.17. The van der Waals surface area contributed by atoms with Gasteiger partial charge in [-0.3, -0.25) is 4.98 Å². The van der Waals surface area contributed by atoms with E-state index in [0.29, 0.717) is 34.5 Å². The van der Waals surface area contributed by atoms with Crippen LogP contribution in [0.5, 0.6) is 5.75 Å². The number of nitrogens with zero attached hydrogens (tertiary/aromatic N) is 2. The number of benzene rings is 1. The van der Waals surface area contributed by atoms with Crippen molar-refractivity contribution in [1.29, 1.82) is 5.26 Å². The first-order valence-electron chi connectivity index (χ1n) is 8.27. The van der Waals surface area contributed by atoms with Gasteiger partial charge in [-0.05, 0) is 43.4 Å². The molecular weight excluding hydrogens is 328 g/mol. The maximum atomic E-state index is 12.5. The smallest absolute Gasteiger partial charge is 0.387 e. The van der Waals surface area contributed by atoms with Gasteiger partial charge in [0.2, 0.25) is 0 Å². The number of ether oxygens (including phenoxy) is 1. The minimum atomic E-state index is -2.91. The Labute approximate surface area is 144 Å². The number of hydrogen-bond acceptors (Lipinski definition) is 5. The van der Waals surface area contributed by atoms with E-state index in [1.807, 2.05) is 0 Å². The van der Waals surface area contributed by atoms with E-state index in [0.717, 1.165) is 19.3 Å². The molecule has 1 aliphatic rings. The van der Waals surface area contributed by atoms with Gasteiger partial charge in [-0.15, -0.1) is 0 Å². The van der Waals surface area contributed by atoms with E-state index in [-0.39, 0.29) is 18.4 Å². The molecule has 1 aliphatic carbocycles. The molecule has 7 heteroatoms. The number of aliphatic hydroxyl groups is 1. The van der Waals surface area contributed by atoms with E-state index < -0.39 is 6.61 Å². The summed E-state index contributed by atoms with van der Waals surface area (Å²) >= 11 is 0. The van der Waals surface area contributed by atoms with E-state index in [9.17, 15) is 19.1 Å². The van der Waals surface area contributed by atoms with Crippen molar-refractivity contribution >= 4 is 16.6 Å². The fourth-order valence-corrected chi connectivity index (χ4v) is 3.51. The minimum Gasteiger partial charge on any atom is -0.435 e. The van der Waals surface area contributed by atoms with E-state index in [2.05, 4.69) is 21.1 Å². The number of halogens is 2. The van der Waals surface area contributed by atoms with E-state index in [4.69, 9.17) is 0 Å². The van der Waals surface area contributed by atoms with Gasteiger partial charge in [-0.25, -0.2) is 0 Å². The van der Waals surface area contributed by atoms with Gasteiger partial charge in [0.05, 0.1) is 16.8 Å². The highest BCUT2D eigenvalue weighted by Crippen LogP contribution is 2.35. The van der Waals surface area contributed by atoms with Crippen LogP contribution in [0, 0.1) is 17.2 Å². The van der Waals surface area contributed by atoms with Crippen LogP contribution in [-0.2, 0) is 0 Å². The number of pyridine rings is 1. The summed E-state index contributed by atoms with van der Waals surface area (Å²) in [7, 11) is 0. The highest BCUT2D eigenvalue weighted by Gasteiger charge is 2.28. The van der Waals surface area contributed by atoms with Crippen LogP contribution in [0.2, 0.25) is 0 Å². The number of rotatable bonds is 6. The first kappa shape index (κ1) is 17.4. The van der Waals surface area contributed by atoms with Crippen LogP contribution in [0.3, 0.4) is 0 Å². The minimum absolute atomic E-state index is 0.0285. The van der Waals surface area contributed by atoms with E-state index in [1.54, 1.807) is 6.07 Å². The van der Waals surface area contributed by atoms with Crippen molar-refractivity contribution in [2.45, 2.75) is 38.3 Å². The molecule has 0 radical (unpaired) electrons. The van der Waals surface area contributed by atoms with Crippen LogP contribution in [0.1, 0.15) is 31.2 Å². The van der Waals surface area contributed by atoms with Crippen molar-refractivity contribution < 1.29 is 18.6 Å². The third kappa shape index (κ3) is 3.80. The summed E-state index contributed by atoms with van der Waals surface area (Å²) in [5.74, 6) is 0.348. The SMILES string of the molecule is N#Cc1cnc2ccc(OC(F)F)cc2c1NC1CCCC1CCO. The molecule has 2 unspecified atom stereocenters. The zero-order valence-corrected chi connectivity index (χ0v) is 13.6. The van der Waals surface area contributed by atoms with Gasteiger partial charge in [0.1, 0.15) is 11.8 Å². The molecular formula is C18H19F2N3O2. The van der Waals surface area contributed by atoms with Crippen LogP contribution in [-0.4, -0.2) is 29.4 Å². The summed E-state index contributed by atoms with van der Waals surface area (Å²) < 4.78 is 29.5. The summed E-state index contributed by atoms with van der Waals surface area (Å²) in [5.41, 5.74) is 1.54. The van der Waals surface area contributed by atoms with Gasteiger partial charge in [-0.1, -0.05) is 6.42 Å². The number of aromatic nitrogens is 1. The molecule has 3 rings (SSSR count). The average molecular weight is 347 g/mol. The molecule has 2 N–H and O–H groups in total. The molecule has 2 aromatic rings. The lowest BCUT2D eigenvalue weighted by atomic mass is 9.99. The molecule has 1 aromatic carbocycles. The fraction of sp³-hybridized carbons (Fsp3) is 0.444. The molecule has 2 atom stereocenters. The molecule has 1 saturated carbocycles. The van der Waals surface area contributed by atoms with Gasteiger partial charge in [0.25, 0.3) is 0 Å². The quantitative estimate of drug-likeness (QED) is 0.834. The monoisotopic (exact) mass is 347 g/mol. The zero-order chi connectivity index (χ0) is 17.8. The summed E-state index contributed by atoms with van der Waals surface area (Å²) in [6, 6.07) is 6.74. The van der Waals surface area contributed by atoms with Crippen molar-refractivity contribution in [3.05, 3.63) is 30.0 Å². The molecule has 1 heterocycles. The molecule has 0 amide bonds. The molecule has 5 nitrogen and oxygen atoms in total.